The number of nitrogens with one attached hydrogen (secondary N) is 1. The summed E-state index contributed by atoms with van der Waals surface area (Å²) in [6.45, 7) is 4.76. The number of anilines is 1. The molecule has 0 atom stereocenters. The van der Waals surface area contributed by atoms with Crippen molar-refractivity contribution in [1.29, 1.82) is 5.26 Å². The van der Waals surface area contributed by atoms with E-state index in [1.807, 2.05) is 18.2 Å². The van der Waals surface area contributed by atoms with Crippen LogP contribution >= 0.6 is 0 Å². The Morgan fingerprint density at radius 1 is 1.00 bits per heavy atom. The second-order valence-corrected chi connectivity index (χ2v) is 7.64. The van der Waals surface area contributed by atoms with Crippen molar-refractivity contribution in [2.75, 3.05) is 37.6 Å². The number of piperazine rings is 1. The molecule has 2 heterocycles. The van der Waals surface area contributed by atoms with Crippen LogP contribution in [0, 0.1) is 11.3 Å². The molecule has 1 aliphatic rings. The molecule has 1 aromatic heterocycles. The lowest BCUT2D eigenvalue weighted by Crippen LogP contribution is -2.46. The van der Waals surface area contributed by atoms with Gasteiger partial charge in [-0.3, -0.25) is 4.90 Å². The van der Waals surface area contributed by atoms with Gasteiger partial charge in [-0.15, -0.1) is 0 Å². The number of phenols is 2. The predicted octanol–water partition coefficient (Wildman–Crippen LogP) is 3.60. The van der Waals surface area contributed by atoms with E-state index in [1.165, 1.54) is 11.6 Å². The number of nitrogens with zero attached hydrogens (tertiary/aromatic N) is 3. The maximum absolute atomic E-state index is 10.0. The van der Waals surface area contributed by atoms with Gasteiger partial charge in [-0.25, -0.2) is 0 Å². The molecule has 3 N–H and O–H groups in total. The number of aromatic nitrogens is 1. The highest BCUT2D eigenvalue weighted by atomic mass is 16.3. The minimum Gasteiger partial charge on any atom is -0.508 e. The van der Waals surface area contributed by atoms with Crippen molar-refractivity contribution in [2.45, 2.75) is 19.3 Å². The van der Waals surface area contributed by atoms with E-state index in [0.717, 1.165) is 68.6 Å². The Labute approximate surface area is 170 Å². The third-order valence-corrected chi connectivity index (χ3v) is 5.74. The molecule has 6 nitrogen and oxygen atoms in total. The molecule has 0 saturated carbocycles. The third kappa shape index (κ3) is 4.30. The number of benzene rings is 2. The molecule has 0 radical (unpaired) electrons. The van der Waals surface area contributed by atoms with Crippen LogP contribution in [0.4, 0.5) is 5.69 Å². The van der Waals surface area contributed by atoms with Crippen LogP contribution < -0.4 is 4.90 Å². The first-order valence-corrected chi connectivity index (χ1v) is 10.1. The molecule has 4 rings (SSSR count). The zero-order chi connectivity index (χ0) is 20.2. The topological polar surface area (TPSA) is 86.5 Å². The van der Waals surface area contributed by atoms with E-state index in [0.29, 0.717) is 5.56 Å². The summed E-state index contributed by atoms with van der Waals surface area (Å²) in [5, 5.41) is 29.8. The fraction of sp³-hybridized carbons (Fsp3) is 0.348. The zero-order valence-electron chi connectivity index (χ0n) is 16.4. The van der Waals surface area contributed by atoms with Crippen LogP contribution in [0.25, 0.3) is 10.9 Å². The Morgan fingerprint density at radius 2 is 1.83 bits per heavy atom. The number of H-pyrrole nitrogens is 1. The van der Waals surface area contributed by atoms with E-state index >= 15 is 0 Å². The number of phenolic OH excluding ortho intramolecular Hbond substituents is 2. The first kappa shape index (κ1) is 19.2. The Hall–Kier alpha value is -3.17. The van der Waals surface area contributed by atoms with Gasteiger partial charge in [-0.1, -0.05) is 0 Å². The third-order valence-electron chi connectivity index (χ3n) is 5.74. The number of rotatable bonds is 6. The highest BCUT2D eigenvalue weighted by Gasteiger charge is 2.19. The number of nitriles is 1. The monoisotopic (exact) mass is 390 g/mol. The van der Waals surface area contributed by atoms with Crippen molar-refractivity contribution < 1.29 is 10.2 Å². The van der Waals surface area contributed by atoms with Gasteiger partial charge in [0.25, 0.3) is 0 Å². The van der Waals surface area contributed by atoms with Crippen molar-refractivity contribution in [2.24, 2.45) is 0 Å². The highest BCUT2D eigenvalue weighted by Crippen LogP contribution is 2.31. The first-order valence-electron chi connectivity index (χ1n) is 10.1. The van der Waals surface area contributed by atoms with E-state index in [4.69, 9.17) is 5.26 Å². The van der Waals surface area contributed by atoms with Gasteiger partial charge in [0.05, 0.1) is 17.3 Å². The minimum absolute atomic E-state index is 0.0870. The van der Waals surface area contributed by atoms with Crippen LogP contribution in [0.5, 0.6) is 11.5 Å². The van der Waals surface area contributed by atoms with Crippen molar-refractivity contribution in [3.8, 4) is 17.6 Å². The lowest BCUT2D eigenvalue weighted by atomic mass is 10.1. The normalized spacial score (nSPS) is 14.9. The van der Waals surface area contributed by atoms with Crippen LogP contribution in [-0.2, 0) is 6.42 Å². The number of hydrogen-bond acceptors (Lipinski definition) is 5. The van der Waals surface area contributed by atoms with E-state index in [2.05, 4.69) is 27.0 Å². The van der Waals surface area contributed by atoms with Gasteiger partial charge in [0, 0.05) is 49.3 Å². The van der Waals surface area contributed by atoms with Gasteiger partial charge in [0.15, 0.2) is 0 Å². The Kier molecular flexibility index (Phi) is 5.59. The van der Waals surface area contributed by atoms with Crippen molar-refractivity contribution in [3.63, 3.8) is 0 Å². The molecule has 2 aromatic carbocycles. The first-order chi connectivity index (χ1) is 14.1. The summed E-state index contributed by atoms with van der Waals surface area (Å²) in [6.07, 6.45) is 5.32. The van der Waals surface area contributed by atoms with Crippen LogP contribution in [0.2, 0.25) is 0 Å². The summed E-state index contributed by atoms with van der Waals surface area (Å²) >= 11 is 0. The number of unbranched alkanes of at least 4 members (excludes halogenated alkanes) is 1. The second-order valence-electron chi connectivity index (χ2n) is 7.64. The van der Waals surface area contributed by atoms with Gasteiger partial charge in [0.2, 0.25) is 0 Å². The van der Waals surface area contributed by atoms with Crippen LogP contribution in [0.3, 0.4) is 0 Å². The predicted molar refractivity (Wildman–Crippen MR) is 114 cm³/mol. The lowest BCUT2D eigenvalue weighted by Gasteiger charge is -2.36. The minimum atomic E-state index is 0.0870. The number of hydrogen-bond donors (Lipinski definition) is 3. The second kappa shape index (κ2) is 8.46. The van der Waals surface area contributed by atoms with Crippen molar-refractivity contribution in [3.05, 3.63) is 53.7 Å². The van der Waals surface area contributed by atoms with Gasteiger partial charge >= 0.3 is 0 Å². The molecular formula is C23H26N4O2. The SMILES string of the molecule is N#Cc1ccc2[nH]cc(CCCCN3CCN(c4ccc(O)cc4O)CC3)c2c1. The molecule has 0 spiro atoms. The van der Waals surface area contributed by atoms with E-state index < -0.39 is 0 Å². The molecule has 29 heavy (non-hydrogen) atoms. The average Bonchev–Trinajstić information content (AvgIpc) is 3.14. The largest absolute Gasteiger partial charge is 0.508 e. The standard InChI is InChI=1S/C23H26N4O2/c24-15-17-4-6-21-20(13-17)18(16-25-21)3-1-2-8-26-9-11-27(12-10-26)22-7-5-19(28)14-23(22)29/h4-7,13-14,16,25,28-29H,1-3,8-12H2. The van der Waals surface area contributed by atoms with E-state index in [-0.39, 0.29) is 11.5 Å². The molecule has 1 aliphatic heterocycles. The van der Waals surface area contributed by atoms with Gasteiger partial charge in [-0.2, -0.15) is 5.26 Å². The average molecular weight is 390 g/mol. The van der Waals surface area contributed by atoms with Crippen LogP contribution in [0.1, 0.15) is 24.0 Å². The van der Waals surface area contributed by atoms with Gasteiger partial charge in [-0.05, 0) is 61.7 Å². The Bertz CT molecular complexity index is 1030. The number of aromatic amines is 1. The van der Waals surface area contributed by atoms with E-state index in [1.54, 1.807) is 12.1 Å². The fourth-order valence-electron chi connectivity index (χ4n) is 4.10. The number of aromatic hydroxyl groups is 2. The summed E-state index contributed by atoms with van der Waals surface area (Å²) in [7, 11) is 0. The number of aryl methyl sites for hydroxylation is 1. The van der Waals surface area contributed by atoms with Crippen LogP contribution in [-0.4, -0.2) is 52.8 Å². The summed E-state index contributed by atoms with van der Waals surface area (Å²) in [6, 6.07) is 12.8. The molecule has 0 amide bonds. The number of fused-ring (bicyclic) bond motifs is 1. The molecule has 3 aromatic rings. The molecule has 0 aliphatic carbocycles. The maximum Gasteiger partial charge on any atom is 0.142 e. The summed E-state index contributed by atoms with van der Waals surface area (Å²) in [4.78, 5) is 7.94. The molecule has 6 heteroatoms. The molecule has 0 bridgehead atoms. The highest BCUT2D eigenvalue weighted by molar-refractivity contribution is 5.84. The Balaban J connectivity index is 1.24. The molecular weight excluding hydrogens is 364 g/mol. The zero-order valence-corrected chi connectivity index (χ0v) is 16.4. The van der Waals surface area contributed by atoms with Crippen molar-refractivity contribution in [1.82, 2.24) is 9.88 Å². The molecule has 1 saturated heterocycles. The van der Waals surface area contributed by atoms with E-state index in [9.17, 15) is 10.2 Å². The van der Waals surface area contributed by atoms with Gasteiger partial charge in [0.1, 0.15) is 11.5 Å². The molecule has 1 fully saturated rings. The van der Waals surface area contributed by atoms with Gasteiger partial charge < -0.3 is 20.1 Å². The summed E-state index contributed by atoms with van der Waals surface area (Å²) in [5.41, 5.74) is 3.87. The molecule has 0 unspecified atom stereocenters. The smallest absolute Gasteiger partial charge is 0.142 e. The Morgan fingerprint density at radius 3 is 2.59 bits per heavy atom. The van der Waals surface area contributed by atoms with Crippen LogP contribution in [0.15, 0.2) is 42.6 Å². The molecule has 150 valence electrons. The lowest BCUT2D eigenvalue weighted by molar-refractivity contribution is 0.252. The fourth-order valence-corrected chi connectivity index (χ4v) is 4.10. The summed E-state index contributed by atoms with van der Waals surface area (Å²) in [5.74, 6) is 0.223. The van der Waals surface area contributed by atoms with Crippen molar-refractivity contribution >= 4 is 16.6 Å². The maximum atomic E-state index is 10.0. The quantitative estimate of drug-likeness (QED) is 0.560. The summed E-state index contributed by atoms with van der Waals surface area (Å²) < 4.78 is 0.